The Morgan fingerprint density at radius 1 is 1.25 bits per heavy atom. The van der Waals surface area contributed by atoms with Crippen LogP contribution in [0.2, 0.25) is 0 Å². The van der Waals surface area contributed by atoms with Crippen LogP contribution in [-0.2, 0) is 13.5 Å². The molecule has 4 rings (SSSR count). The average molecular weight is 438 g/mol. The smallest absolute Gasteiger partial charge is 0.0770 e. The van der Waals surface area contributed by atoms with Crippen molar-refractivity contribution in [3.8, 4) is 0 Å². The second-order valence-electron chi connectivity index (χ2n) is 7.36. The van der Waals surface area contributed by atoms with Crippen molar-refractivity contribution in [3.63, 3.8) is 0 Å². The van der Waals surface area contributed by atoms with Gasteiger partial charge in [0.1, 0.15) is 0 Å². The fraction of sp³-hybridized carbons (Fsp3) is 0.273. The summed E-state index contributed by atoms with van der Waals surface area (Å²) in [6, 6.07) is 10.9. The first-order valence-electron chi connectivity index (χ1n) is 9.49. The number of fused-ring (bicyclic) bond motifs is 1. The lowest BCUT2D eigenvalue weighted by atomic mass is 9.85. The van der Waals surface area contributed by atoms with Crippen LogP contribution in [0.15, 0.2) is 47.2 Å². The average Bonchev–Trinajstić information content (AvgIpc) is 3.06. The molecule has 1 aliphatic carbocycles. The molecule has 0 bridgehead atoms. The molecule has 0 radical (unpaired) electrons. The molecule has 144 valence electrons. The highest BCUT2D eigenvalue weighted by Crippen LogP contribution is 2.37. The van der Waals surface area contributed by atoms with Crippen LogP contribution in [0.5, 0.6) is 0 Å². The number of aryl methyl sites for hydroxylation is 3. The van der Waals surface area contributed by atoms with Crippen LogP contribution in [0.1, 0.15) is 41.1 Å². The summed E-state index contributed by atoms with van der Waals surface area (Å²) >= 11 is 3.63. The Balaban J connectivity index is 1.63. The van der Waals surface area contributed by atoms with Crippen molar-refractivity contribution in [2.24, 2.45) is 7.05 Å². The molecule has 3 aromatic rings. The molecule has 1 aromatic heterocycles. The summed E-state index contributed by atoms with van der Waals surface area (Å²) in [5.41, 5.74) is 7.89. The molecule has 1 atom stereocenters. The molecule has 1 heterocycles. The standard InChI is InChI=1S/C22H24BrN5/c1-14-8-17(23)9-15-4-3-5-20(22(14)15)26-18-7-6-16(11-24)21(10-18)27-19-12-25-28(2)13-19/h6-13,20,24,26-27H,3-5H2,1-2H3. The van der Waals surface area contributed by atoms with Crippen molar-refractivity contribution in [3.05, 3.63) is 69.5 Å². The van der Waals surface area contributed by atoms with Crippen molar-refractivity contribution in [2.75, 3.05) is 10.6 Å². The maximum atomic E-state index is 7.71. The molecule has 28 heavy (non-hydrogen) atoms. The predicted molar refractivity (Wildman–Crippen MR) is 119 cm³/mol. The van der Waals surface area contributed by atoms with Crippen LogP contribution < -0.4 is 10.6 Å². The van der Waals surface area contributed by atoms with Gasteiger partial charge < -0.3 is 16.0 Å². The molecule has 0 saturated carbocycles. The van der Waals surface area contributed by atoms with Crippen LogP contribution >= 0.6 is 15.9 Å². The summed E-state index contributed by atoms with van der Waals surface area (Å²) in [5, 5.41) is 19.0. The lowest BCUT2D eigenvalue weighted by molar-refractivity contribution is 0.597. The second kappa shape index (κ2) is 7.80. The van der Waals surface area contributed by atoms with Gasteiger partial charge in [0.2, 0.25) is 0 Å². The van der Waals surface area contributed by atoms with E-state index in [1.807, 2.05) is 19.3 Å². The number of nitrogens with zero attached hydrogens (tertiary/aromatic N) is 2. The maximum Gasteiger partial charge on any atom is 0.0770 e. The summed E-state index contributed by atoms with van der Waals surface area (Å²) in [6.45, 7) is 2.19. The van der Waals surface area contributed by atoms with E-state index < -0.39 is 0 Å². The van der Waals surface area contributed by atoms with Gasteiger partial charge in [-0.1, -0.05) is 15.9 Å². The van der Waals surface area contributed by atoms with Crippen molar-refractivity contribution < 1.29 is 0 Å². The predicted octanol–water partition coefficient (Wildman–Crippen LogP) is 5.72. The fourth-order valence-corrected chi connectivity index (χ4v) is 4.66. The van der Waals surface area contributed by atoms with E-state index in [1.165, 1.54) is 29.3 Å². The van der Waals surface area contributed by atoms with E-state index in [0.717, 1.165) is 39.9 Å². The number of anilines is 3. The van der Waals surface area contributed by atoms with E-state index in [1.54, 1.807) is 10.9 Å². The third kappa shape index (κ3) is 3.83. The molecular formula is C22H24BrN5. The van der Waals surface area contributed by atoms with E-state index in [2.05, 4.69) is 62.9 Å². The van der Waals surface area contributed by atoms with Gasteiger partial charge in [0.05, 0.1) is 17.9 Å². The van der Waals surface area contributed by atoms with Gasteiger partial charge in [0.25, 0.3) is 0 Å². The lowest BCUT2D eigenvalue weighted by Gasteiger charge is -2.29. The van der Waals surface area contributed by atoms with Gasteiger partial charge >= 0.3 is 0 Å². The van der Waals surface area contributed by atoms with Crippen molar-refractivity contribution in [1.29, 1.82) is 5.41 Å². The van der Waals surface area contributed by atoms with Gasteiger partial charge in [-0.3, -0.25) is 4.68 Å². The minimum atomic E-state index is 0.300. The Labute approximate surface area is 173 Å². The summed E-state index contributed by atoms with van der Waals surface area (Å²) < 4.78 is 2.91. The number of aromatic nitrogens is 2. The number of hydrogen-bond donors (Lipinski definition) is 3. The van der Waals surface area contributed by atoms with Crippen molar-refractivity contribution in [2.45, 2.75) is 32.2 Å². The molecule has 2 aromatic carbocycles. The Morgan fingerprint density at radius 3 is 2.86 bits per heavy atom. The molecule has 0 amide bonds. The molecule has 0 saturated heterocycles. The monoisotopic (exact) mass is 437 g/mol. The SMILES string of the molecule is Cc1cc(Br)cc2c1C(Nc1ccc(C=N)c(Nc3cnn(C)c3)c1)CCC2. The molecule has 0 fully saturated rings. The van der Waals surface area contributed by atoms with E-state index in [-0.39, 0.29) is 0 Å². The van der Waals surface area contributed by atoms with Crippen molar-refractivity contribution >= 4 is 39.2 Å². The molecule has 0 spiro atoms. The normalized spacial score (nSPS) is 15.8. The van der Waals surface area contributed by atoms with E-state index in [0.29, 0.717) is 6.04 Å². The highest BCUT2D eigenvalue weighted by Gasteiger charge is 2.22. The first-order chi connectivity index (χ1) is 13.5. The molecule has 1 unspecified atom stereocenters. The maximum absolute atomic E-state index is 7.71. The number of rotatable bonds is 5. The molecule has 6 heteroatoms. The first kappa shape index (κ1) is 18.7. The Bertz CT molecular complexity index is 1020. The van der Waals surface area contributed by atoms with Crippen LogP contribution in [0, 0.1) is 12.3 Å². The zero-order valence-electron chi connectivity index (χ0n) is 16.1. The topological polar surface area (TPSA) is 65.7 Å². The zero-order chi connectivity index (χ0) is 19.7. The third-order valence-electron chi connectivity index (χ3n) is 5.26. The molecule has 3 N–H and O–H groups in total. The largest absolute Gasteiger partial charge is 0.378 e. The Morgan fingerprint density at radius 2 is 2.11 bits per heavy atom. The van der Waals surface area contributed by atoms with Gasteiger partial charge in [0.15, 0.2) is 0 Å². The number of nitrogens with one attached hydrogen (secondary N) is 3. The van der Waals surface area contributed by atoms with E-state index in [9.17, 15) is 0 Å². The van der Waals surface area contributed by atoms with Crippen LogP contribution in [0.3, 0.4) is 0 Å². The third-order valence-corrected chi connectivity index (χ3v) is 5.72. The molecular weight excluding hydrogens is 414 g/mol. The first-order valence-corrected chi connectivity index (χ1v) is 10.3. The van der Waals surface area contributed by atoms with Gasteiger partial charge in [-0.05, 0) is 73.2 Å². The minimum absolute atomic E-state index is 0.300. The molecule has 1 aliphatic rings. The Hall–Kier alpha value is -2.60. The van der Waals surface area contributed by atoms with Crippen LogP contribution in [-0.4, -0.2) is 16.0 Å². The minimum Gasteiger partial charge on any atom is -0.378 e. The number of halogens is 1. The van der Waals surface area contributed by atoms with Crippen molar-refractivity contribution in [1.82, 2.24) is 9.78 Å². The number of hydrogen-bond acceptors (Lipinski definition) is 4. The van der Waals surface area contributed by atoms with Crippen LogP contribution in [0.4, 0.5) is 17.1 Å². The van der Waals surface area contributed by atoms with Gasteiger partial charge in [0, 0.05) is 40.9 Å². The molecule has 0 aliphatic heterocycles. The zero-order valence-corrected chi connectivity index (χ0v) is 17.7. The van der Waals surface area contributed by atoms with Gasteiger partial charge in [-0.15, -0.1) is 0 Å². The fourth-order valence-electron chi connectivity index (χ4n) is 4.04. The highest BCUT2D eigenvalue weighted by molar-refractivity contribution is 9.10. The van der Waals surface area contributed by atoms with Gasteiger partial charge in [-0.2, -0.15) is 5.10 Å². The summed E-state index contributed by atoms with van der Waals surface area (Å²) in [5.74, 6) is 0. The summed E-state index contributed by atoms with van der Waals surface area (Å²) in [7, 11) is 1.89. The highest BCUT2D eigenvalue weighted by atomic mass is 79.9. The summed E-state index contributed by atoms with van der Waals surface area (Å²) in [6.07, 6.45) is 8.51. The van der Waals surface area contributed by atoms with E-state index in [4.69, 9.17) is 5.41 Å². The summed E-state index contributed by atoms with van der Waals surface area (Å²) in [4.78, 5) is 0. The van der Waals surface area contributed by atoms with Crippen LogP contribution in [0.25, 0.3) is 0 Å². The Kier molecular flexibility index (Phi) is 5.22. The molecule has 5 nitrogen and oxygen atoms in total. The second-order valence-corrected chi connectivity index (χ2v) is 8.27. The lowest BCUT2D eigenvalue weighted by Crippen LogP contribution is -2.19. The van der Waals surface area contributed by atoms with E-state index >= 15 is 0 Å². The quantitative estimate of drug-likeness (QED) is 0.447. The number of benzene rings is 2. The van der Waals surface area contributed by atoms with Gasteiger partial charge in [-0.25, -0.2) is 0 Å².